The number of nitrogens with zero attached hydrogens (tertiary/aromatic N) is 1. The molecular formula is C13H18ClN3O2. The Morgan fingerprint density at radius 1 is 1.26 bits per heavy atom. The maximum atomic E-state index is 11.6. The summed E-state index contributed by atoms with van der Waals surface area (Å²) in [5.74, 6) is -1.33. The highest BCUT2D eigenvalue weighted by atomic mass is 35.5. The summed E-state index contributed by atoms with van der Waals surface area (Å²) in [6.07, 6.45) is 0.795. The van der Waals surface area contributed by atoms with Crippen LogP contribution in [0.4, 0.5) is 5.69 Å². The van der Waals surface area contributed by atoms with Gasteiger partial charge >= 0.3 is 11.8 Å². The lowest BCUT2D eigenvalue weighted by atomic mass is 10.3. The fourth-order valence-corrected chi connectivity index (χ4v) is 1.62. The molecule has 0 atom stereocenters. The summed E-state index contributed by atoms with van der Waals surface area (Å²) in [5, 5.41) is 5.55. The molecular weight excluding hydrogens is 266 g/mol. The first-order chi connectivity index (χ1) is 8.99. The lowest BCUT2D eigenvalue weighted by molar-refractivity contribution is -0.136. The molecule has 0 saturated carbocycles. The van der Waals surface area contributed by atoms with Crippen LogP contribution in [0.2, 0.25) is 5.02 Å². The van der Waals surface area contributed by atoms with E-state index in [-0.39, 0.29) is 0 Å². The lowest BCUT2D eigenvalue weighted by Crippen LogP contribution is -2.36. The maximum absolute atomic E-state index is 11.6. The van der Waals surface area contributed by atoms with E-state index in [9.17, 15) is 9.59 Å². The number of anilines is 1. The van der Waals surface area contributed by atoms with E-state index in [2.05, 4.69) is 10.6 Å². The number of carbonyl (C=O) groups excluding carboxylic acids is 2. The molecule has 0 heterocycles. The van der Waals surface area contributed by atoms with E-state index >= 15 is 0 Å². The van der Waals surface area contributed by atoms with Gasteiger partial charge in [-0.05, 0) is 45.3 Å². The molecule has 0 saturated heterocycles. The Bertz CT molecular complexity index is 449. The minimum absolute atomic E-state index is 0.472. The quantitative estimate of drug-likeness (QED) is 0.633. The van der Waals surface area contributed by atoms with Crippen LogP contribution < -0.4 is 10.6 Å². The van der Waals surface area contributed by atoms with E-state index in [1.165, 1.54) is 0 Å². The van der Waals surface area contributed by atoms with Gasteiger partial charge in [-0.25, -0.2) is 0 Å². The largest absolute Gasteiger partial charge is 0.348 e. The minimum atomic E-state index is -0.688. The van der Waals surface area contributed by atoms with Crippen molar-refractivity contribution in [3.63, 3.8) is 0 Å². The molecule has 5 nitrogen and oxygen atoms in total. The van der Waals surface area contributed by atoms with Gasteiger partial charge in [-0.15, -0.1) is 0 Å². The van der Waals surface area contributed by atoms with Crippen molar-refractivity contribution in [3.8, 4) is 0 Å². The summed E-state index contributed by atoms with van der Waals surface area (Å²) in [5.41, 5.74) is 0.501. The normalized spacial score (nSPS) is 10.3. The molecule has 1 aromatic carbocycles. The average molecular weight is 284 g/mol. The number of hydrogen-bond donors (Lipinski definition) is 2. The number of halogens is 1. The molecule has 0 spiro atoms. The third kappa shape index (κ3) is 6.22. The van der Waals surface area contributed by atoms with E-state index in [1.54, 1.807) is 24.3 Å². The van der Waals surface area contributed by atoms with Gasteiger partial charge in [0.15, 0.2) is 0 Å². The summed E-state index contributed by atoms with van der Waals surface area (Å²) >= 11 is 5.78. The molecule has 0 bridgehead atoms. The zero-order chi connectivity index (χ0) is 14.3. The molecule has 0 aliphatic rings. The van der Waals surface area contributed by atoms with Crippen LogP contribution in [0.5, 0.6) is 0 Å². The van der Waals surface area contributed by atoms with E-state index in [1.807, 2.05) is 19.0 Å². The highest BCUT2D eigenvalue weighted by Crippen LogP contribution is 2.14. The summed E-state index contributed by atoms with van der Waals surface area (Å²) < 4.78 is 0. The third-order valence-electron chi connectivity index (χ3n) is 2.36. The topological polar surface area (TPSA) is 61.4 Å². The molecule has 0 aromatic heterocycles. The Morgan fingerprint density at radius 3 is 2.63 bits per heavy atom. The molecule has 1 rings (SSSR count). The van der Waals surface area contributed by atoms with Crippen LogP contribution in [0.3, 0.4) is 0 Å². The number of rotatable bonds is 5. The molecule has 0 unspecified atom stereocenters. The van der Waals surface area contributed by atoms with Crippen LogP contribution in [-0.4, -0.2) is 43.9 Å². The molecule has 0 aliphatic carbocycles. The van der Waals surface area contributed by atoms with Crippen LogP contribution >= 0.6 is 11.6 Å². The van der Waals surface area contributed by atoms with Gasteiger partial charge in [-0.2, -0.15) is 0 Å². The van der Waals surface area contributed by atoms with Crippen molar-refractivity contribution in [2.75, 3.05) is 32.5 Å². The van der Waals surface area contributed by atoms with Gasteiger partial charge in [0.2, 0.25) is 0 Å². The fraction of sp³-hybridized carbons (Fsp3) is 0.385. The predicted molar refractivity (Wildman–Crippen MR) is 76.3 cm³/mol. The first-order valence-electron chi connectivity index (χ1n) is 5.98. The van der Waals surface area contributed by atoms with Crippen molar-refractivity contribution >= 4 is 29.1 Å². The van der Waals surface area contributed by atoms with E-state index in [0.717, 1.165) is 13.0 Å². The zero-order valence-corrected chi connectivity index (χ0v) is 11.8. The third-order valence-corrected chi connectivity index (χ3v) is 2.59. The van der Waals surface area contributed by atoms with Crippen molar-refractivity contribution in [1.82, 2.24) is 10.2 Å². The minimum Gasteiger partial charge on any atom is -0.348 e. The number of amides is 2. The van der Waals surface area contributed by atoms with E-state index in [4.69, 9.17) is 11.6 Å². The highest BCUT2D eigenvalue weighted by molar-refractivity contribution is 6.39. The predicted octanol–water partition coefficient (Wildman–Crippen LogP) is 1.35. The Labute approximate surface area is 117 Å². The van der Waals surface area contributed by atoms with Crippen LogP contribution in [0.15, 0.2) is 24.3 Å². The second-order valence-corrected chi connectivity index (χ2v) is 4.81. The molecule has 2 amide bonds. The summed E-state index contributed by atoms with van der Waals surface area (Å²) in [6.45, 7) is 1.33. The Balaban J connectivity index is 2.35. The summed E-state index contributed by atoms with van der Waals surface area (Å²) in [7, 11) is 3.90. The highest BCUT2D eigenvalue weighted by Gasteiger charge is 2.12. The SMILES string of the molecule is CN(C)CCCNC(=O)C(=O)Nc1cccc(Cl)c1. The van der Waals surface area contributed by atoms with Crippen LogP contribution in [0, 0.1) is 0 Å². The van der Waals surface area contributed by atoms with Crippen molar-refractivity contribution in [3.05, 3.63) is 29.3 Å². The van der Waals surface area contributed by atoms with Gasteiger partial charge in [0.1, 0.15) is 0 Å². The van der Waals surface area contributed by atoms with Crippen molar-refractivity contribution < 1.29 is 9.59 Å². The molecule has 19 heavy (non-hydrogen) atoms. The summed E-state index contributed by atoms with van der Waals surface area (Å²) in [6, 6.07) is 6.65. The Morgan fingerprint density at radius 2 is 2.00 bits per heavy atom. The second-order valence-electron chi connectivity index (χ2n) is 4.38. The first-order valence-corrected chi connectivity index (χ1v) is 6.36. The van der Waals surface area contributed by atoms with Crippen molar-refractivity contribution in [1.29, 1.82) is 0 Å². The maximum Gasteiger partial charge on any atom is 0.313 e. The van der Waals surface area contributed by atoms with Gasteiger partial charge < -0.3 is 15.5 Å². The zero-order valence-electron chi connectivity index (χ0n) is 11.1. The van der Waals surface area contributed by atoms with Crippen molar-refractivity contribution in [2.24, 2.45) is 0 Å². The van der Waals surface area contributed by atoms with E-state index < -0.39 is 11.8 Å². The Kier molecular flexibility index (Phi) is 6.32. The van der Waals surface area contributed by atoms with Gasteiger partial charge in [0.25, 0.3) is 0 Å². The molecule has 0 aliphatic heterocycles. The van der Waals surface area contributed by atoms with Gasteiger partial charge in [0, 0.05) is 17.3 Å². The molecule has 104 valence electrons. The van der Waals surface area contributed by atoms with Crippen LogP contribution in [-0.2, 0) is 9.59 Å². The molecule has 0 fully saturated rings. The molecule has 2 N–H and O–H groups in total. The molecule has 0 radical (unpaired) electrons. The fourth-order valence-electron chi connectivity index (χ4n) is 1.43. The number of benzene rings is 1. The van der Waals surface area contributed by atoms with Crippen LogP contribution in [0.25, 0.3) is 0 Å². The summed E-state index contributed by atoms with van der Waals surface area (Å²) in [4.78, 5) is 25.1. The van der Waals surface area contributed by atoms with Gasteiger partial charge in [-0.3, -0.25) is 9.59 Å². The standard InChI is InChI=1S/C13H18ClN3O2/c1-17(2)8-4-7-15-12(18)13(19)16-11-6-3-5-10(14)9-11/h3,5-6,9H,4,7-8H2,1-2H3,(H,15,18)(H,16,19). The molecule has 1 aromatic rings. The first kappa shape index (κ1) is 15.5. The van der Waals surface area contributed by atoms with E-state index in [0.29, 0.717) is 17.3 Å². The van der Waals surface area contributed by atoms with Gasteiger partial charge in [0.05, 0.1) is 0 Å². The number of hydrogen-bond acceptors (Lipinski definition) is 3. The van der Waals surface area contributed by atoms with Gasteiger partial charge in [-0.1, -0.05) is 17.7 Å². The Hall–Kier alpha value is -1.59. The van der Waals surface area contributed by atoms with Crippen molar-refractivity contribution in [2.45, 2.75) is 6.42 Å². The number of nitrogens with one attached hydrogen (secondary N) is 2. The lowest BCUT2D eigenvalue weighted by Gasteiger charge is -2.10. The average Bonchev–Trinajstić information content (AvgIpc) is 2.34. The second kappa shape index (κ2) is 7.76. The number of carbonyl (C=O) groups is 2. The smallest absolute Gasteiger partial charge is 0.313 e. The monoisotopic (exact) mass is 283 g/mol. The van der Waals surface area contributed by atoms with Crippen LogP contribution in [0.1, 0.15) is 6.42 Å². The molecule has 6 heteroatoms.